The molecular weight excluding hydrogens is 334 g/mol. The molecule has 0 aromatic carbocycles. The van der Waals surface area contributed by atoms with Crippen LogP contribution in [0.4, 0.5) is 0 Å². The van der Waals surface area contributed by atoms with E-state index in [1.54, 1.807) is 26.2 Å². The number of hydrogen-bond donors (Lipinski definition) is 2. The van der Waals surface area contributed by atoms with E-state index in [1.165, 1.54) is 0 Å². The molecule has 2 amide bonds. The van der Waals surface area contributed by atoms with Gasteiger partial charge in [-0.25, -0.2) is 0 Å². The topological polar surface area (TPSA) is 87.7 Å². The lowest BCUT2D eigenvalue weighted by molar-refractivity contribution is -0.120. The van der Waals surface area contributed by atoms with Gasteiger partial charge in [-0.2, -0.15) is 0 Å². The highest BCUT2D eigenvalue weighted by Gasteiger charge is 2.26. The Morgan fingerprint density at radius 2 is 2.00 bits per heavy atom. The predicted molar refractivity (Wildman–Crippen MR) is 95.8 cm³/mol. The van der Waals surface area contributed by atoms with E-state index in [-0.39, 0.29) is 24.4 Å². The lowest BCUT2D eigenvalue weighted by Crippen LogP contribution is -2.41. The summed E-state index contributed by atoms with van der Waals surface area (Å²) in [4.78, 5) is 26.6. The highest BCUT2D eigenvalue weighted by molar-refractivity contribution is 5.97. The minimum atomic E-state index is -0.309. The number of amides is 2. The SMILES string of the molecule is Cc1cc(C(=O)NCC(=O)NCC(c2ccco2)N2CCCC2)c(C)o1. The molecule has 1 aliphatic rings. The highest BCUT2D eigenvalue weighted by Crippen LogP contribution is 2.24. The second kappa shape index (κ2) is 8.23. The number of rotatable bonds is 7. The molecule has 140 valence electrons. The van der Waals surface area contributed by atoms with Crippen molar-refractivity contribution >= 4 is 11.8 Å². The molecule has 7 nitrogen and oxygen atoms in total. The lowest BCUT2D eigenvalue weighted by Gasteiger charge is -2.26. The standard InChI is InChI=1S/C19H25N3O4/c1-13-10-15(14(2)26-13)19(24)21-12-18(23)20-11-16(17-6-5-9-25-17)22-7-3-4-8-22/h5-6,9-10,16H,3-4,7-8,11-12H2,1-2H3,(H,20,23)(H,21,24). The number of carbonyl (C=O) groups excluding carboxylic acids is 2. The smallest absolute Gasteiger partial charge is 0.255 e. The van der Waals surface area contributed by atoms with E-state index in [0.717, 1.165) is 31.7 Å². The molecule has 3 rings (SSSR count). The van der Waals surface area contributed by atoms with Gasteiger partial charge >= 0.3 is 0 Å². The van der Waals surface area contributed by atoms with Crippen LogP contribution in [0.5, 0.6) is 0 Å². The number of carbonyl (C=O) groups is 2. The first kappa shape index (κ1) is 18.3. The van der Waals surface area contributed by atoms with Crippen molar-refractivity contribution < 1.29 is 18.4 Å². The first-order valence-corrected chi connectivity index (χ1v) is 8.94. The number of furan rings is 2. The van der Waals surface area contributed by atoms with E-state index in [9.17, 15) is 9.59 Å². The Hall–Kier alpha value is -2.54. The molecule has 0 radical (unpaired) electrons. The lowest BCUT2D eigenvalue weighted by atomic mass is 10.2. The van der Waals surface area contributed by atoms with Gasteiger partial charge in [0.15, 0.2) is 0 Å². The molecule has 26 heavy (non-hydrogen) atoms. The Kier molecular flexibility index (Phi) is 5.78. The third-order valence-electron chi connectivity index (χ3n) is 4.64. The molecule has 0 saturated carbocycles. The van der Waals surface area contributed by atoms with Gasteiger partial charge in [-0.3, -0.25) is 14.5 Å². The highest BCUT2D eigenvalue weighted by atomic mass is 16.3. The summed E-state index contributed by atoms with van der Waals surface area (Å²) in [6.45, 7) is 5.88. The molecule has 1 saturated heterocycles. The van der Waals surface area contributed by atoms with Gasteiger partial charge in [-0.15, -0.1) is 0 Å². The maximum Gasteiger partial charge on any atom is 0.255 e. The molecule has 0 spiro atoms. The zero-order valence-electron chi connectivity index (χ0n) is 15.2. The maximum atomic E-state index is 12.2. The summed E-state index contributed by atoms with van der Waals surface area (Å²) >= 11 is 0. The van der Waals surface area contributed by atoms with Crippen LogP contribution in [0.25, 0.3) is 0 Å². The first-order chi connectivity index (χ1) is 12.5. The molecule has 3 heterocycles. The fourth-order valence-electron chi connectivity index (χ4n) is 3.33. The van der Waals surface area contributed by atoms with Gasteiger partial charge in [0.25, 0.3) is 5.91 Å². The van der Waals surface area contributed by atoms with Crippen molar-refractivity contribution in [2.24, 2.45) is 0 Å². The maximum absolute atomic E-state index is 12.2. The number of aryl methyl sites for hydroxylation is 2. The van der Waals surface area contributed by atoms with E-state index in [4.69, 9.17) is 8.83 Å². The Balaban J connectivity index is 1.50. The predicted octanol–water partition coefficient (Wildman–Crippen LogP) is 2.17. The van der Waals surface area contributed by atoms with E-state index in [0.29, 0.717) is 23.6 Å². The van der Waals surface area contributed by atoms with Crippen LogP contribution in [-0.2, 0) is 4.79 Å². The van der Waals surface area contributed by atoms with Gasteiger partial charge in [-0.05, 0) is 58.0 Å². The first-order valence-electron chi connectivity index (χ1n) is 8.94. The summed E-state index contributed by atoms with van der Waals surface area (Å²) in [5, 5.41) is 5.53. The van der Waals surface area contributed by atoms with Gasteiger partial charge in [0, 0.05) is 6.54 Å². The monoisotopic (exact) mass is 359 g/mol. The molecule has 1 unspecified atom stereocenters. The van der Waals surface area contributed by atoms with Gasteiger partial charge in [0.1, 0.15) is 17.3 Å². The van der Waals surface area contributed by atoms with Crippen LogP contribution in [0.1, 0.15) is 46.5 Å². The largest absolute Gasteiger partial charge is 0.468 e. The van der Waals surface area contributed by atoms with Crippen molar-refractivity contribution in [2.45, 2.75) is 32.7 Å². The molecule has 2 aromatic rings. The Labute approximate surface area is 152 Å². The average molecular weight is 359 g/mol. The number of likely N-dealkylation sites (tertiary alicyclic amines) is 1. The zero-order chi connectivity index (χ0) is 18.5. The minimum absolute atomic E-state index is 0.0194. The second-order valence-corrected chi connectivity index (χ2v) is 6.59. The van der Waals surface area contributed by atoms with Crippen molar-refractivity contribution in [2.75, 3.05) is 26.2 Å². The van der Waals surface area contributed by atoms with E-state index in [1.807, 2.05) is 12.1 Å². The van der Waals surface area contributed by atoms with Gasteiger partial charge < -0.3 is 19.5 Å². The molecule has 1 fully saturated rings. The Morgan fingerprint density at radius 3 is 2.62 bits per heavy atom. The van der Waals surface area contributed by atoms with Crippen molar-refractivity contribution in [1.29, 1.82) is 0 Å². The quantitative estimate of drug-likeness (QED) is 0.791. The number of nitrogens with one attached hydrogen (secondary N) is 2. The van der Waals surface area contributed by atoms with Crippen LogP contribution < -0.4 is 10.6 Å². The molecular formula is C19H25N3O4. The summed E-state index contributed by atoms with van der Waals surface area (Å²) < 4.78 is 10.9. The Bertz CT molecular complexity index is 745. The van der Waals surface area contributed by atoms with Crippen LogP contribution in [0.3, 0.4) is 0 Å². The normalized spacial score (nSPS) is 15.8. The van der Waals surface area contributed by atoms with Crippen LogP contribution in [0.15, 0.2) is 33.3 Å². The fraction of sp³-hybridized carbons (Fsp3) is 0.474. The van der Waals surface area contributed by atoms with E-state index >= 15 is 0 Å². The summed E-state index contributed by atoms with van der Waals surface area (Å²) in [5.74, 6) is 1.53. The van der Waals surface area contributed by atoms with E-state index < -0.39 is 0 Å². The zero-order valence-corrected chi connectivity index (χ0v) is 15.2. The Morgan fingerprint density at radius 1 is 1.23 bits per heavy atom. The summed E-state index contributed by atoms with van der Waals surface area (Å²) in [5.41, 5.74) is 0.459. The molecule has 1 aliphatic heterocycles. The second-order valence-electron chi connectivity index (χ2n) is 6.59. The van der Waals surface area contributed by atoms with Crippen LogP contribution in [0.2, 0.25) is 0 Å². The summed E-state index contributed by atoms with van der Waals surface area (Å²) in [6, 6.07) is 5.48. The minimum Gasteiger partial charge on any atom is -0.468 e. The van der Waals surface area contributed by atoms with Crippen LogP contribution >= 0.6 is 0 Å². The van der Waals surface area contributed by atoms with Crippen LogP contribution in [0, 0.1) is 13.8 Å². The molecule has 7 heteroatoms. The number of nitrogens with zero attached hydrogens (tertiary/aromatic N) is 1. The molecule has 1 atom stereocenters. The van der Waals surface area contributed by atoms with E-state index in [2.05, 4.69) is 15.5 Å². The third-order valence-corrected chi connectivity index (χ3v) is 4.64. The number of hydrogen-bond acceptors (Lipinski definition) is 5. The molecule has 0 aliphatic carbocycles. The van der Waals surface area contributed by atoms with Gasteiger partial charge in [0.2, 0.25) is 5.91 Å². The van der Waals surface area contributed by atoms with Crippen molar-refractivity contribution in [3.63, 3.8) is 0 Å². The summed E-state index contributed by atoms with van der Waals surface area (Å²) in [6.07, 6.45) is 3.96. The van der Waals surface area contributed by atoms with Crippen molar-refractivity contribution in [3.05, 3.63) is 47.3 Å². The van der Waals surface area contributed by atoms with Crippen molar-refractivity contribution in [1.82, 2.24) is 15.5 Å². The summed E-state index contributed by atoms with van der Waals surface area (Å²) in [7, 11) is 0. The van der Waals surface area contributed by atoms with Gasteiger partial charge in [0.05, 0.1) is 24.4 Å². The van der Waals surface area contributed by atoms with Crippen LogP contribution in [-0.4, -0.2) is 42.9 Å². The molecule has 0 bridgehead atoms. The van der Waals surface area contributed by atoms with Gasteiger partial charge in [-0.1, -0.05) is 0 Å². The molecule has 2 aromatic heterocycles. The molecule has 2 N–H and O–H groups in total. The third kappa shape index (κ3) is 4.35. The fourth-order valence-corrected chi connectivity index (χ4v) is 3.33. The average Bonchev–Trinajstić information content (AvgIpc) is 3.35. The van der Waals surface area contributed by atoms with Crippen molar-refractivity contribution in [3.8, 4) is 0 Å².